The fourth-order valence-electron chi connectivity index (χ4n) is 3.61. The van der Waals surface area contributed by atoms with E-state index in [1.54, 1.807) is 29.8 Å². The Bertz CT molecular complexity index is 794. The average molecular weight is 373 g/mol. The van der Waals surface area contributed by atoms with Gasteiger partial charge in [0.05, 0.1) is 10.6 Å². The number of benzene rings is 1. The lowest BCUT2D eigenvalue weighted by molar-refractivity contribution is 0.407. The standard InChI is InChI=1S/C23H32O2S/c1-5-20-11-9-10-17-23(3,4)22(20)15-14-19(2)16-18-26(24,25)21-12-7-6-8-13-21/h6-8,12-16H,5,9-11,17-18H2,1-4H3/b15-14+,19-16+. The van der Waals surface area contributed by atoms with E-state index in [0.29, 0.717) is 4.90 Å². The first-order valence-corrected chi connectivity index (χ1v) is 11.3. The van der Waals surface area contributed by atoms with E-state index in [9.17, 15) is 8.42 Å². The van der Waals surface area contributed by atoms with E-state index in [4.69, 9.17) is 0 Å². The van der Waals surface area contributed by atoms with E-state index in [1.807, 2.05) is 19.1 Å². The molecule has 1 aromatic rings. The summed E-state index contributed by atoms with van der Waals surface area (Å²) < 4.78 is 24.8. The highest BCUT2D eigenvalue weighted by atomic mass is 32.2. The van der Waals surface area contributed by atoms with Gasteiger partial charge in [-0.1, -0.05) is 74.8 Å². The summed E-state index contributed by atoms with van der Waals surface area (Å²) in [7, 11) is -3.26. The van der Waals surface area contributed by atoms with Gasteiger partial charge >= 0.3 is 0 Å². The Kier molecular flexibility index (Phi) is 7.05. The van der Waals surface area contributed by atoms with Gasteiger partial charge in [0.1, 0.15) is 0 Å². The summed E-state index contributed by atoms with van der Waals surface area (Å²) in [5, 5.41) is 0. The molecule has 0 saturated heterocycles. The molecule has 0 unspecified atom stereocenters. The monoisotopic (exact) mass is 372 g/mol. The summed E-state index contributed by atoms with van der Waals surface area (Å²) in [5.41, 5.74) is 4.17. The summed E-state index contributed by atoms with van der Waals surface area (Å²) in [6.45, 7) is 8.87. The van der Waals surface area contributed by atoms with Crippen LogP contribution in [0.25, 0.3) is 0 Å². The van der Waals surface area contributed by atoms with Gasteiger partial charge in [-0.25, -0.2) is 8.42 Å². The molecule has 3 heteroatoms. The SMILES string of the molecule is CCC1=C(/C=C/C(C)=C/CS(=O)(=O)c2ccccc2)C(C)(C)CCCC1. The molecule has 0 fully saturated rings. The molecule has 0 saturated carbocycles. The van der Waals surface area contributed by atoms with E-state index in [1.165, 1.54) is 31.3 Å². The first-order chi connectivity index (χ1) is 12.3. The third kappa shape index (κ3) is 5.44. The van der Waals surface area contributed by atoms with E-state index in [0.717, 1.165) is 12.0 Å². The molecule has 0 aromatic heterocycles. The van der Waals surface area contributed by atoms with Crippen molar-refractivity contribution in [3.05, 3.63) is 65.3 Å². The largest absolute Gasteiger partial charge is 0.223 e. The Labute approximate surface area is 159 Å². The van der Waals surface area contributed by atoms with Crippen molar-refractivity contribution in [2.45, 2.75) is 64.7 Å². The van der Waals surface area contributed by atoms with Crippen molar-refractivity contribution in [3.63, 3.8) is 0 Å². The predicted octanol–water partition coefficient (Wildman–Crippen LogP) is 6.27. The molecule has 0 bridgehead atoms. The zero-order chi connectivity index (χ0) is 19.2. The Morgan fingerprint density at radius 3 is 2.50 bits per heavy atom. The molecule has 2 nitrogen and oxygen atoms in total. The molecule has 0 atom stereocenters. The maximum absolute atomic E-state index is 12.4. The molecule has 1 aromatic carbocycles. The smallest absolute Gasteiger partial charge is 0.181 e. The van der Waals surface area contributed by atoms with Crippen LogP contribution in [-0.4, -0.2) is 14.2 Å². The van der Waals surface area contributed by atoms with Crippen molar-refractivity contribution >= 4 is 9.84 Å². The fourth-order valence-corrected chi connectivity index (χ4v) is 4.86. The van der Waals surface area contributed by atoms with Crippen molar-refractivity contribution < 1.29 is 8.42 Å². The lowest BCUT2D eigenvalue weighted by Crippen LogP contribution is -2.14. The van der Waals surface area contributed by atoms with Crippen LogP contribution in [0.3, 0.4) is 0 Å². The van der Waals surface area contributed by atoms with Gasteiger partial charge in [0.2, 0.25) is 0 Å². The first-order valence-electron chi connectivity index (χ1n) is 9.61. The van der Waals surface area contributed by atoms with Crippen molar-refractivity contribution in [1.82, 2.24) is 0 Å². The Hall–Kier alpha value is -1.61. The van der Waals surface area contributed by atoms with Crippen LogP contribution >= 0.6 is 0 Å². The number of hydrogen-bond acceptors (Lipinski definition) is 2. The molecule has 0 radical (unpaired) electrons. The maximum atomic E-state index is 12.4. The fraction of sp³-hybridized carbons (Fsp3) is 0.478. The van der Waals surface area contributed by atoms with Crippen LogP contribution in [-0.2, 0) is 9.84 Å². The minimum absolute atomic E-state index is 0.0380. The van der Waals surface area contributed by atoms with E-state index < -0.39 is 9.84 Å². The van der Waals surface area contributed by atoms with E-state index in [-0.39, 0.29) is 11.2 Å². The quantitative estimate of drug-likeness (QED) is 0.551. The maximum Gasteiger partial charge on any atom is 0.181 e. The highest BCUT2D eigenvalue weighted by Gasteiger charge is 2.25. The van der Waals surface area contributed by atoms with Crippen LogP contribution in [0, 0.1) is 5.41 Å². The van der Waals surface area contributed by atoms with Gasteiger partial charge in [-0.2, -0.15) is 0 Å². The Morgan fingerprint density at radius 2 is 1.85 bits per heavy atom. The van der Waals surface area contributed by atoms with Crippen molar-refractivity contribution in [2.24, 2.45) is 5.41 Å². The number of allylic oxidation sites excluding steroid dienone is 5. The van der Waals surface area contributed by atoms with Crippen LogP contribution < -0.4 is 0 Å². The van der Waals surface area contributed by atoms with Crippen molar-refractivity contribution in [1.29, 1.82) is 0 Å². The molecule has 2 rings (SSSR count). The van der Waals surface area contributed by atoms with Crippen LogP contribution in [0.15, 0.2) is 70.2 Å². The Morgan fingerprint density at radius 1 is 1.15 bits per heavy atom. The molecule has 0 heterocycles. The molecule has 0 spiro atoms. The molecule has 0 N–H and O–H groups in total. The molecule has 0 aliphatic heterocycles. The van der Waals surface area contributed by atoms with Crippen LogP contribution in [0.2, 0.25) is 0 Å². The predicted molar refractivity (Wildman–Crippen MR) is 111 cm³/mol. The van der Waals surface area contributed by atoms with Gasteiger partial charge in [0, 0.05) is 0 Å². The van der Waals surface area contributed by atoms with Crippen LogP contribution in [0.5, 0.6) is 0 Å². The lowest BCUT2D eigenvalue weighted by Gasteiger charge is -2.27. The second-order valence-corrected chi connectivity index (χ2v) is 9.87. The van der Waals surface area contributed by atoms with Gasteiger partial charge in [0.15, 0.2) is 9.84 Å². The zero-order valence-electron chi connectivity index (χ0n) is 16.6. The molecule has 142 valence electrons. The second-order valence-electron chi connectivity index (χ2n) is 7.84. The minimum atomic E-state index is -3.26. The molecule has 26 heavy (non-hydrogen) atoms. The summed E-state index contributed by atoms with van der Waals surface area (Å²) in [6, 6.07) is 8.66. The second kappa shape index (κ2) is 8.85. The van der Waals surface area contributed by atoms with Crippen LogP contribution in [0.4, 0.5) is 0 Å². The summed E-state index contributed by atoms with van der Waals surface area (Å²) in [6.07, 6.45) is 12.2. The van der Waals surface area contributed by atoms with Gasteiger partial charge in [-0.3, -0.25) is 0 Å². The molecule has 1 aliphatic rings. The van der Waals surface area contributed by atoms with Gasteiger partial charge in [-0.05, 0) is 55.7 Å². The van der Waals surface area contributed by atoms with Crippen molar-refractivity contribution in [2.75, 3.05) is 5.75 Å². The minimum Gasteiger partial charge on any atom is -0.223 e. The van der Waals surface area contributed by atoms with E-state index in [2.05, 4.69) is 32.9 Å². The third-order valence-corrected chi connectivity index (χ3v) is 6.90. The summed E-state index contributed by atoms with van der Waals surface area (Å²) in [5.74, 6) is 0.0380. The normalized spacial score (nSPS) is 19.0. The number of hydrogen-bond donors (Lipinski definition) is 0. The topological polar surface area (TPSA) is 34.1 Å². The lowest BCUT2D eigenvalue weighted by atomic mass is 9.78. The van der Waals surface area contributed by atoms with E-state index >= 15 is 0 Å². The van der Waals surface area contributed by atoms with Gasteiger partial charge in [0.25, 0.3) is 0 Å². The highest BCUT2D eigenvalue weighted by Crippen LogP contribution is 2.40. The van der Waals surface area contributed by atoms with Crippen molar-refractivity contribution in [3.8, 4) is 0 Å². The number of rotatable bonds is 6. The first kappa shape index (κ1) is 20.7. The van der Waals surface area contributed by atoms with Gasteiger partial charge < -0.3 is 0 Å². The highest BCUT2D eigenvalue weighted by molar-refractivity contribution is 7.91. The third-order valence-electron chi connectivity index (χ3n) is 5.31. The van der Waals surface area contributed by atoms with Gasteiger partial charge in [-0.15, -0.1) is 0 Å². The zero-order valence-corrected chi connectivity index (χ0v) is 17.4. The molecule has 0 amide bonds. The summed E-state index contributed by atoms with van der Waals surface area (Å²) >= 11 is 0. The molecular formula is C23H32O2S. The molecular weight excluding hydrogens is 340 g/mol. The molecule has 1 aliphatic carbocycles. The van der Waals surface area contributed by atoms with Crippen LogP contribution in [0.1, 0.15) is 59.8 Å². The summed E-state index contributed by atoms with van der Waals surface area (Å²) in [4.78, 5) is 0.383. The number of sulfone groups is 1. The Balaban J connectivity index is 2.18. The average Bonchev–Trinajstić information content (AvgIpc) is 2.76.